The molecule has 0 bridgehead atoms. The third-order valence-corrected chi connectivity index (χ3v) is 3.19. The third kappa shape index (κ3) is 2.84. The molecule has 1 saturated carbocycles. The molecule has 1 aliphatic carbocycles. The normalized spacial score (nSPS) is 18.4. The molecule has 1 fully saturated rings. The standard InChI is InChI=1S/C14H21NO/c1-5-11(7-6-10(2)15)13(16)14(3,4)12-8-9-12/h5-7,12H,1,8-9,15H2,2-4H3/b10-6+,11-7+. The lowest BCUT2D eigenvalue weighted by Crippen LogP contribution is -2.27. The molecular formula is C14H21NO. The van der Waals surface area contributed by atoms with Crippen LogP contribution in [-0.2, 0) is 4.79 Å². The minimum absolute atomic E-state index is 0.169. The van der Waals surface area contributed by atoms with Crippen LogP contribution in [0.3, 0.4) is 0 Å². The van der Waals surface area contributed by atoms with Crippen LogP contribution in [0.2, 0.25) is 0 Å². The summed E-state index contributed by atoms with van der Waals surface area (Å²) in [5, 5.41) is 0. The average Bonchev–Trinajstić information content (AvgIpc) is 3.01. The summed E-state index contributed by atoms with van der Waals surface area (Å²) in [6.45, 7) is 9.53. The number of carbonyl (C=O) groups is 1. The molecular weight excluding hydrogens is 198 g/mol. The van der Waals surface area contributed by atoms with Crippen LogP contribution in [0.5, 0.6) is 0 Å². The van der Waals surface area contributed by atoms with E-state index in [4.69, 9.17) is 5.73 Å². The highest BCUT2D eigenvalue weighted by Crippen LogP contribution is 2.46. The Morgan fingerprint density at radius 1 is 1.38 bits per heavy atom. The van der Waals surface area contributed by atoms with Gasteiger partial charge in [0.15, 0.2) is 5.78 Å². The Labute approximate surface area is 97.9 Å². The van der Waals surface area contributed by atoms with Crippen molar-refractivity contribution in [3.63, 3.8) is 0 Å². The van der Waals surface area contributed by atoms with E-state index in [1.807, 2.05) is 13.8 Å². The van der Waals surface area contributed by atoms with Gasteiger partial charge in [0, 0.05) is 16.7 Å². The van der Waals surface area contributed by atoms with Crippen molar-refractivity contribution in [3.8, 4) is 0 Å². The molecule has 0 aromatic heterocycles. The van der Waals surface area contributed by atoms with E-state index in [0.29, 0.717) is 17.2 Å². The van der Waals surface area contributed by atoms with Crippen molar-refractivity contribution in [2.24, 2.45) is 17.1 Å². The molecule has 0 aromatic rings. The van der Waals surface area contributed by atoms with Crippen molar-refractivity contribution in [2.75, 3.05) is 0 Å². The van der Waals surface area contributed by atoms with E-state index < -0.39 is 0 Å². The molecule has 2 nitrogen and oxygen atoms in total. The van der Waals surface area contributed by atoms with Crippen LogP contribution in [0.1, 0.15) is 33.6 Å². The summed E-state index contributed by atoms with van der Waals surface area (Å²) in [4.78, 5) is 12.3. The fourth-order valence-corrected chi connectivity index (χ4v) is 1.82. The van der Waals surface area contributed by atoms with Crippen molar-refractivity contribution in [1.82, 2.24) is 0 Å². The maximum absolute atomic E-state index is 12.3. The largest absolute Gasteiger partial charge is 0.402 e. The maximum Gasteiger partial charge on any atom is 0.168 e. The minimum Gasteiger partial charge on any atom is -0.402 e. The van der Waals surface area contributed by atoms with Gasteiger partial charge in [0.05, 0.1) is 0 Å². The second kappa shape index (κ2) is 4.69. The second-order valence-corrected chi connectivity index (χ2v) is 5.06. The lowest BCUT2D eigenvalue weighted by Gasteiger charge is -2.22. The van der Waals surface area contributed by atoms with Gasteiger partial charge in [-0.25, -0.2) is 0 Å². The molecule has 0 unspecified atom stereocenters. The quantitative estimate of drug-likeness (QED) is 0.570. The van der Waals surface area contributed by atoms with Gasteiger partial charge in [-0.3, -0.25) is 4.79 Å². The van der Waals surface area contributed by atoms with Gasteiger partial charge >= 0.3 is 0 Å². The summed E-state index contributed by atoms with van der Waals surface area (Å²) >= 11 is 0. The average molecular weight is 219 g/mol. The van der Waals surface area contributed by atoms with Gasteiger partial charge in [0.25, 0.3) is 0 Å². The first-order valence-corrected chi connectivity index (χ1v) is 5.71. The predicted molar refractivity (Wildman–Crippen MR) is 67.7 cm³/mol. The number of Topliss-reactive ketones (excluding diaryl/α,β-unsaturated/α-hetero) is 1. The first-order chi connectivity index (χ1) is 7.39. The molecule has 1 aliphatic rings. The van der Waals surface area contributed by atoms with E-state index in [0.717, 1.165) is 12.8 Å². The summed E-state index contributed by atoms with van der Waals surface area (Å²) < 4.78 is 0. The molecule has 0 spiro atoms. The van der Waals surface area contributed by atoms with Gasteiger partial charge in [-0.05, 0) is 37.8 Å². The molecule has 0 radical (unpaired) electrons. The molecule has 2 N–H and O–H groups in total. The number of carbonyl (C=O) groups excluding carboxylic acids is 1. The first kappa shape index (κ1) is 12.8. The molecule has 0 saturated heterocycles. The number of nitrogens with two attached hydrogens (primary N) is 1. The SMILES string of the molecule is C=C/C(=C\C=C(/C)N)C(=O)C(C)(C)C1CC1. The Morgan fingerprint density at radius 3 is 2.31 bits per heavy atom. The zero-order valence-corrected chi connectivity index (χ0v) is 10.4. The molecule has 0 aromatic carbocycles. The smallest absolute Gasteiger partial charge is 0.168 e. The molecule has 16 heavy (non-hydrogen) atoms. The number of hydrogen-bond acceptors (Lipinski definition) is 2. The van der Waals surface area contributed by atoms with Crippen molar-refractivity contribution in [2.45, 2.75) is 33.6 Å². The molecule has 0 amide bonds. The number of rotatable bonds is 5. The molecule has 88 valence electrons. The van der Waals surface area contributed by atoms with Gasteiger partial charge in [-0.2, -0.15) is 0 Å². The fourth-order valence-electron chi connectivity index (χ4n) is 1.82. The summed E-state index contributed by atoms with van der Waals surface area (Å²) in [5.74, 6) is 0.703. The van der Waals surface area contributed by atoms with Gasteiger partial charge in [0.1, 0.15) is 0 Å². The highest BCUT2D eigenvalue weighted by atomic mass is 16.1. The maximum atomic E-state index is 12.3. The molecule has 0 heterocycles. The van der Waals surface area contributed by atoms with Gasteiger partial charge in [0.2, 0.25) is 0 Å². The van der Waals surface area contributed by atoms with E-state index in [1.54, 1.807) is 25.2 Å². The van der Waals surface area contributed by atoms with E-state index >= 15 is 0 Å². The Hall–Kier alpha value is -1.31. The molecule has 1 rings (SSSR count). The van der Waals surface area contributed by atoms with E-state index in [2.05, 4.69) is 6.58 Å². The van der Waals surface area contributed by atoms with E-state index in [9.17, 15) is 4.79 Å². The van der Waals surface area contributed by atoms with Crippen molar-refractivity contribution in [1.29, 1.82) is 0 Å². The molecule has 0 atom stereocenters. The van der Waals surface area contributed by atoms with Crippen molar-refractivity contribution < 1.29 is 4.79 Å². The van der Waals surface area contributed by atoms with E-state index in [-0.39, 0.29) is 11.2 Å². The van der Waals surface area contributed by atoms with Crippen LogP contribution >= 0.6 is 0 Å². The Kier molecular flexibility index (Phi) is 3.74. The lowest BCUT2D eigenvalue weighted by molar-refractivity contribution is -0.123. The molecule has 2 heteroatoms. The zero-order chi connectivity index (χ0) is 12.3. The van der Waals surface area contributed by atoms with Crippen LogP contribution < -0.4 is 5.73 Å². The van der Waals surface area contributed by atoms with Crippen LogP contribution in [0.4, 0.5) is 0 Å². The van der Waals surface area contributed by atoms with Gasteiger partial charge in [-0.1, -0.05) is 26.5 Å². The number of ketones is 1. The summed E-state index contributed by atoms with van der Waals surface area (Å²) in [5.41, 5.74) is 6.63. The molecule has 0 aliphatic heterocycles. The van der Waals surface area contributed by atoms with E-state index in [1.165, 1.54) is 0 Å². The first-order valence-electron chi connectivity index (χ1n) is 5.71. The zero-order valence-electron chi connectivity index (χ0n) is 10.4. The summed E-state index contributed by atoms with van der Waals surface area (Å²) in [6, 6.07) is 0. The van der Waals surface area contributed by atoms with Crippen LogP contribution in [0.25, 0.3) is 0 Å². The van der Waals surface area contributed by atoms with Crippen LogP contribution in [-0.4, -0.2) is 5.78 Å². The minimum atomic E-state index is -0.267. The highest BCUT2D eigenvalue weighted by Gasteiger charge is 2.43. The number of allylic oxidation sites excluding steroid dienone is 5. The Balaban J connectivity index is 2.88. The Bertz CT molecular complexity index is 353. The monoisotopic (exact) mass is 219 g/mol. The Morgan fingerprint density at radius 2 is 1.94 bits per heavy atom. The summed E-state index contributed by atoms with van der Waals surface area (Å²) in [7, 11) is 0. The second-order valence-electron chi connectivity index (χ2n) is 5.06. The third-order valence-electron chi connectivity index (χ3n) is 3.19. The predicted octanol–water partition coefficient (Wildman–Crippen LogP) is 2.97. The van der Waals surface area contributed by atoms with Crippen LogP contribution in [0, 0.1) is 11.3 Å². The van der Waals surface area contributed by atoms with Crippen LogP contribution in [0.15, 0.2) is 36.1 Å². The highest BCUT2D eigenvalue weighted by molar-refractivity contribution is 6.02. The van der Waals surface area contributed by atoms with Gasteiger partial charge in [-0.15, -0.1) is 0 Å². The van der Waals surface area contributed by atoms with Gasteiger partial charge < -0.3 is 5.73 Å². The number of hydrogen-bond donors (Lipinski definition) is 1. The lowest BCUT2D eigenvalue weighted by atomic mass is 9.79. The fraction of sp³-hybridized carbons (Fsp3) is 0.500. The van der Waals surface area contributed by atoms with Crippen molar-refractivity contribution >= 4 is 5.78 Å². The topological polar surface area (TPSA) is 43.1 Å². The van der Waals surface area contributed by atoms with Crippen molar-refractivity contribution in [3.05, 3.63) is 36.1 Å². The summed E-state index contributed by atoms with van der Waals surface area (Å²) in [6.07, 6.45) is 7.45.